The molecule has 22 heavy (non-hydrogen) atoms. The van der Waals surface area contributed by atoms with Crippen LogP contribution in [0.15, 0.2) is 24.3 Å². The summed E-state index contributed by atoms with van der Waals surface area (Å²) in [5.74, 6) is 0.671. The number of nitrogens with one attached hydrogen (secondary N) is 2. The van der Waals surface area contributed by atoms with Crippen LogP contribution < -0.4 is 10.6 Å². The van der Waals surface area contributed by atoms with Crippen molar-refractivity contribution in [2.75, 3.05) is 31.5 Å². The van der Waals surface area contributed by atoms with E-state index in [1.807, 2.05) is 6.92 Å². The van der Waals surface area contributed by atoms with Crippen molar-refractivity contribution >= 4 is 17.5 Å². The van der Waals surface area contributed by atoms with Crippen LogP contribution in [-0.2, 0) is 4.79 Å². The molecule has 1 aromatic carbocycles. The van der Waals surface area contributed by atoms with E-state index in [0.29, 0.717) is 18.7 Å². The summed E-state index contributed by atoms with van der Waals surface area (Å²) < 4.78 is 0. The number of nitrogens with zero attached hydrogens (tertiary/aromatic N) is 1. The van der Waals surface area contributed by atoms with Crippen LogP contribution in [0.5, 0.6) is 0 Å². The number of amides is 2. The fourth-order valence-electron chi connectivity index (χ4n) is 2.59. The fourth-order valence-corrected chi connectivity index (χ4v) is 2.59. The summed E-state index contributed by atoms with van der Waals surface area (Å²) in [7, 11) is 0. The van der Waals surface area contributed by atoms with Crippen LogP contribution >= 0.6 is 0 Å². The first-order chi connectivity index (χ1) is 10.6. The van der Waals surface area contributed by atoms with Gasteiger partial charge in [-0.15, -0.1) is 0 Å². The van der Waals surface area contributed by atoms with Gasteiger partial charge in [0.1, 0.15) is 0 Å². The zero-order valence-electron chi connectivity index (χ0n) is 13.4. The lowest BCUT2D eigenvalue weighted by molar-refractivity contribution is -0.117. The molecule has 0 radical (unpaired) electrons. The van der Waals surface area contributed by atoms with Gasteiger partial charge in [0.25, 0.3) is 5.91 Å². The summed E-state index contributed by atoms with van der Waals surface area (Å²) in [5, 5.41) is 5.63. The van der Waals surface area contributed by atoms with Gasteiger partial charge in [-0.1, -0.05) is 6.92 Å². The highest BCUT2D eigenvalue weighted by molar-refractivity contribution is 5.96. The number of hydrogen-bond donors (Lipinski definition) is 2. The zero-order chi connectivity index (χ0) is 15.9. The maximum absolute atomic E-state index is 12.1. The molecule has 1 heterocycles. The molecule has 2 amide bonds. The highest BCUT2D eigenvalue weighted by Crippen LogP contribution is 2.16. The smallest absolute Gasteiger partial charge is 0.251 e. The van der Waals surface area contributed by atoms with Crippen molar-refractivity contribution in [3.8, 4) is 0 Å². The Morgan fingerprint density at radius 1 is 1.18 bits per heavy atom. The summed E-state index contributed by atoms with van der Waals surface area (Å²) in [6.07, 6.45) is 2.32. The van der Waals surface area contributed by atoms with Crippen LogP contribution in [-0.4, -0.2) is 42.9 Å². The topological polar surface area (TPSA) is 61.4 Å². The van der Waals surface area contributed by atoms with E-state index < -0.39 is 0 Å². The van der Waals surface area contributed by atoms with Gasteiger partial charge in [0.15, 0.2) is 0 Å². The van der Waals surface area contributed by atoms with E-state index in [1.165, 1.54) is 0 Å². The van der Waals surface area contributed by atoms with Gasteiger partial charge in [0.05, 0.1) is 6.54 Å². The first-order valence-electron chi connectivity index (χ1n) is 7.99. The third-order valence-corrected chi connectivity index (χ3v) is 4.01. The summed E-state index contributed by atoms with van der Waals surface area (Å²) in [5.41, 5.74) is 1.33. The predicted octanol–water partition coefficient (Wildman–Crippen LogP) is 2.11. The van der Waals surface area contributed by atoms with E-state index in [-0.39, 0.29) is 11.8 Å². The van der Waals surface area contributed by atoms with E-state index >= 15 is 0 Å². The molecule has 5 heteroatoms. The first kappa shape index (κ1) is 16.5. The molecular weight excluding hydrogens is 278 g/mol. The summed E-state index contributed by atoms with van der Waals surface area (Å²) in [6, 6.07) is 6.98. The second-order valence-corrected chi connectivity index (χ2v) is 5.94. The molecule has 0 atom stereocenters. The van der Waals surface area contributed by atoms with Crippen LogP contribution in [0.2, 0.25) is 0 Å². The van der Waals surface area contributed by atoms with Crippen LogP contribution in [0, 0.1) is 5.92 Å². The number of benzene rings is 1. The maximum Gasteiger partial charge on any atom is 0.251 e. The van der Waals surface area contributed by atoms with Crippen molar-refractivity contribution in [2.45, 2.75) is 26.7 Å². The van der Waals surface area contributed by atoms with Gasteiger partial charge in [-0.2, -0.15) is 0 Å². The van der Waals surface area contributed by atoms with E-state index in [2.05, 4.69) is 22.5 Å². The van der Waals surface area contributed by atoms with Crippen molar-refractivity contribution < 1.29 is 9.59 Å². The number of piperidine rings is 1. The lowest BCUT2D eigenvalue weighted by atomic mass is 9.99. The Morgan fingerprint density at radius 3 is 2.41 bits per heavy atom. The number of carbonyl (C=O) groups is 2. The van der Waals surface area contributed by atoms with Crippen molar-refractivity contribution in [1.29, 1.82) is 0 Å². The molecule has 1 aliphatic rings. The molecular formula is C17H25N3O2. The third-order valence-electron chi connectivity index (χ3n) is 4.01. The highest BCUT2D eigenvalue weighted by Gasteiger charge is 2.17. The van der Waals surface area contributed by atoms with Crippen molar-refractivity contribution in [3.05, 3.63) is 29.8 Å². The Morgan fingerprint density at radius 2 is 1.82 bits per heavy atom. The van der Waals surface area contributed by atoms with Gasteiger partial charge in [-0.05, 0) is 63.0 Å². The Balaban J connectivity index is 1.82. The number of hydrogen-bond acceptors (Lipinski definition) is 3. The summed E-state index contributed by atoms with van der Waals surface area (Å²) >= 11 is 0. The number of carbonyl (C=O) groups excluding carboxylic acids is 2. The molecule has 2 rings (SSSR count). The lowest BCUT2D eigenvalue weighted by Crippen LogP contribution is -2.38. The van der Waals surface area contributed by atoms with Gasteiger partial charge >= 0.3 is 0 Å². The minimum absolute atomic E-state index is 0.000290. The van der Waals surface area contributed by atoms with E-state index in [1.54, 1.807) is 24.3 Å². The van der Waals surface area contributed by atoms with Gasteiger partial charge in [-0.3, -0.25) is 14.5 Å². The van der Waals surface area contributed by atoms with Crippen LogP contribution in [0.3, 0.4) is 0 Å². The van der Waals surface area contributed by atoms with E-state index in [4.69, 9.17) is 0 Å². The minimum Gasteiger partial charge on any atom is -0.352 e. The third kappa shape index (κ3) is 4.84. The van der Waals surface area contributed by atoms with Crippen LogP contribution in [0.4, 0.5) is 5.69 Å². The van der Waals surface area contributed by atoms with Gasteiger partial charge < -0.3 is 10.6 Å². The average molecular weight is 303 g/mol. The Hall–Kier alpha value is -1.88. The Labute approximate surface area is 132 Å². The number of anilines is 1. The van der Waals surface area contributed by atoms with Crippen LogP contribution in [0.1, 0.15) is 37.0 Å². The molecule has 1 saturated heterocycles. The quantitative estimate of drug-likeness (QED) is 0.876. The monoisotopic (exact) mass is 303 g/mol. The first-order valence-corrected chi connectivity index (χ1v) is 7.99. The largest absolute Gasteiger partial charge is 0.352 e. The second kappa shape index (κ2) is 7.94. The molecule has 5 nitrogen and oxygen atoms in total. The van der Waals surface area contributed by atoms with Gasteiger partial charge in [0, 0.05) is 17.8 Å². The lowest BCUT2D eigenvalue weighted by Gasteiger charge is -2.29. The molecule has 1 fully saturated rings. The number of likely N-dealkylation sites (tertiary alicyclic amines) is 1. The fraction of sp³-hybridized carbons (Fsp3) is 0.529. The van der Waals surface area contributed by atoms with E-state index in [9.17, 15) is 9.59 Å². The molecule has 0 bridgehead atoms. The minimum atomic E-state index is -0.0946. The molecule has 2 N–H and O–H groups in total. The SMILES string of the molecule is CCNC(=O)c1ccc(NC(=O)CN2CCC(C)CC2)cc1. The van der Waals surface area contributed by atoms with Crippen molar-refractivity contribution in [1.82, 2.24) is 10.2 Å². The van der Waals surface area contributed by atoms with Crippen molar-refractivity contribution in [3.63, 3.8) is 0 Å². The normalized spacial score (nSPS) is 16.3. The predicted molar refractivity (Wildman–Crippen MR) is 87.9 cm³/mol. The molecule has 1 aromatic rings. The molecule has 0 saturated carbocycles. The number of rotatable bonds is 5. The Kier molecular flexibility index (Phi) is 5.95. The summed E-state index contributed by atoms with van der Waals surface area (Å²) in [6.45, 7) is 7.16. The summed E-state index contributed by atoms with van der Waals surface area (Å²) in [4.78, 5) is 25.9. The molecule has 0 spiro atoms. The van der Waals surface area contributed by atoms with Crippen LogP contribution in [0.25, 0.3) is 0 Å². The van der Waals surface area contributed by atoms with Gasteiger partial charge in [-0.25, -0.2) is 0 Å². The molecule has 0 unspecified atom stereocenters. The molecule has 0 aliphatic carbocycles. The van der Waals surface area contributed by atoms with Gasteiger partial charge in [0.2, 0.25) is 5.91 Å². The van der Waals surface area contributed by atoms with Crippen molar-refractivity contribution in [2.24, 2.45) is 5.92 Å². The molecule has 1 aliphatic heterocycles. The zero-order valence-corrected chi connectivity index (χ0v) is 13.4. The molecule has 0 aromatic heterocycles. The standard InChI is InChI=1S/C17H25N3O2/c1-3-18-17(22)14-4-6-15(7-5-14)19-16(21)12-20-10-8-13(2)9-11-20/h4-7,13H,3,8-12H2,1-2H3,(H,18,22)(H,19,21). The second-order valence-electron chi connectivity index (χ2n) is 5.94. The highest BCUT2D eigenvalue weighted by atomic mass is 16.2. The Bertz CT molecular complexity index is 505. The molecule has 120 valence electrons. The average Bonchev–Trinajstić information content (AvgIpc) is 2.50. The maximum atomic E-state index is 12.1. The van der Waals surface area contributed by atoms with E-state index in [0.717, 1.165) is 37.5 Å².